The molecule has 19 heavy (non-hydrogen) atoms. The summed E-state index contributed by atoms with van der Waals surface area (Å²) in [5.41, 5.74) is -0.437. The third-order valence-corrected chi connectivity index (χ3v) is 2.46. The van der Waals surface area contributed by atoms with Crippen molar-refractivity contribution in [3.05, 3.63) is 0 Å². The Morgan fingerprint density at radius 1 is 1.26 bits per heavy atom. The normalized spacial score (nSPS) is 13.1. The van der Waals surface area contributed by atoms with Crippen molar-refractivity contribution >= 4 is 6.09 Å². The molecule has 0 aliphatic heterocycles. The van der Waals surface area contributed by atoms with E-state index in [0.29, 0.717) is 12.6 Å². The lowest BCUT2D eigenvalue weighted by Crippen LogP contribution is -2.36. The number of carbonyl (C=O) groups excluding carboxylic acids is 1. The zero-order chi connectivity index (χ0) is 14.7. The van der Waals surface area contributed by atoms with Crippen LogP contribution in [0.15, 0.2) is 0 Å². The molecule has 0 rings (SSSR count). The fourth-order valence-electron chi connectivity index (χ4n) is 1.69. The minimum absolute atomic E-state index is 0.352. The maximum atomic E-state index is 11.4. The first-order valence-corrected chi connectivity index (χ1v) is 7.08. The van der Waals surface area contributed by atoms with Crippen molar-refractivity contribution in [3.63, 3.8) is 0 Å². The van der Waals surface area contributed by atoms with Gasteiger partial charge in [-0.2, -0.15) is 0 Å². The van der Waals surface area contributed by atoms with E-state index in [-0.39, 0.29) is 6.09 Å². The van der Waals surface area contributed by atoms with Gasteiger partial charge < -0.3 is 20.1 Å². The van der Waals surface area contributed by atoms with E-state index in [1.54, 1.807) is 7.11 Å². The zero-order valence-corrected chi connectivity index (χ0v) is 13.0. The lowest BCUT2D eigenvalue weighted by Gasteiger charge is -2.20. The molecular formula is C14H30N2O3. The van der Waals surface area contributed by atoms with Crippen molar-refractivity contribution in [2.24, 2.45) is 0 Å². The first-order chi connectivity index (χ1) is 8.89. The van der Waals surface area contributed by atoms with Crippen molar-refractivity contribution in [3.8, 4) is 0 Å². The molecule has 1 unspecified atom stereocenters. The molecule has 1 atom stereocenters. The Kier molecular flexibility index (Phi) is 9.61. The summed E-state index contributed by atoms with van der Waals surface area (Å²) in [5.74, 6) is 0. The number of alkyl carbamates (subject to hydrolysis) is 1. The van der Waals surface area contributed by atoms with Gasteiger partial charge in [-0.05, 0) is 40.2 Å². The van der Waals surface area contributed by atoms with Crippen molar-refractivity contribution in [2.45, 2.75) is 58.6 Å². The van der Waals surface area contributed by atoms with Gasteiger partial charge in [0, 0.05) is 19.7 Å². The predicted octanol–water partition coefficient (Wildman–Crippen LogP) is 2.31. The van der Waals surface area contributed by atoms with Gasteiger partial charge in [-0.25, -0.2) is 4.79 Å². The first kappa shape index (κ1) is 18.2. The Balaban J connectivity index is 3.60. The summed E-state index contributed by atoms with van der Waals surface area (Å²) in [5, 5.41) is 6.17. The van der Waals surface area contributed by atoms with Crippen LogP contribution < -0.4 is 10.6 Å². The third-order valence-electron chi connectivity index (χ3n) is 2.46. The Bertz CT molecular complexity index is 233. The Labute approximate surface area is 117 Å². The van der Waals surface area contributed by atoms with Crippen LogP contribution in [0.3, 0.4) is 0 Å². The first-order valence-electron chi connectivity index (χ1n) is 7.08. The minimum Gasteiger partial charge on any atom is -0.444 e. The highest BCUT2D eigenvalue weighted by Crippen LogP contribution is 2.06. The summed E-state index contributed by atoms with van der Waals surface area (Å²) in [4.78, 5) is 11.4. The molecule has 0 fully saturated rings. The number of methoxy groups -OCH3 is 1. The van der Waals surface area contributed by atoms with E-state index in [0.717, 1.165) is 32.4 Å². The smallest absolute Gasteiger partial charge is 0.407 e. The van der Waals surface area contributed by atoms with Crippen molar-refractivity contribution in [2.75, 3.05) is 26.8 Å². The lowest BCUT2D eigenvalue weighted by molar-refractivity contribution is 0.0527. The summed E-state index contributed by atoms with van der Waals surface area (Å²) >= 11 is 0. The van der Waals surface area contributed by atoms with Crippen LogP contribution in [0.1, 0.15) is 47.0 Å². The zero-order valence-electron chi connectivity index (χ0n) is 13.0. The van der Waals surface area contributed by atoms with Gasteiger partial charge in [0.05, 0.1) is 6.61 Å². The predicted molar refractivity (Wildman–Crippen MR) is 77.4 cm³/mol. The molecule has 0 saturated carbocycles. The van der Waals surface area contributed by atoms with Gasteiger partial charge in [0.2, 0.25) is 0 Å². The van der Waals surface area contributed by atoms with Gasteiger partial charge in [0.25, 0.3) is 0 Å². The van der Waals surface area contributed by atoms with Crippen LogP contribution in [0.4, 0.5) is 4.79 Å². The van der Waals surface area contributed by atoms with Gasteiger partial charge in [-0.1, -0.05) is 13.3 Å². The van der Waals surface area contributed by atoms with Crippen LogP contribution in [-0.2, 0) is 9.47 Å². The molecule has 0 bridgehead atoms. The molecule has 0 saturated heterocycles. The highest BCUT2D eigenvalue weighted by molar-refractivity contribution is 5.67. The highest BCUT2D eigenvalue weighted by Gasteiger charge is 2.15. The van der Waals surface area contributed by atoms with E-state index in [2.05, 4.69) is 17.6 Å². The topological polar surface area (TPSA) is 59.6 Å². The molecule has 0 aromatic rings. The van der Waals surface area contributed by atoms with Crippen LogP contribution in [0, 0.1) is 0 Å². The molecule has 0 spiro atoms. The maximum Gasteiger partial charge on any atom is 0.407 e. The summed E-state index contributed by atoms with van der Waals surface area (Å²) in [6.45, 7) is 9.94. The number of rotatable bonds is 9. The molecule has 0 aliphatic rings. The second-order valence-electron chi connectivity index (χ2n) is 5.68. The van der Waals surface area contributed by atoms with Gasteiger partial charge in [-0.3, -0.25) is 0 Å². The Hall–Kier alpha value is -0.810. The molecule has 0 aromatic heterocycles. The summed E-state index contributed by atoms with van der Waals surface area (Å²) in [6, 6.07) is 0.400. The monoisotopic (exact) mass is 274 g/mol. The number of hydrogen-bond donors (Lipinski definition) is 2. The summed E-state index contributed by atoms with van der Waals surface area (Å²) in [7, 11) is 1.72. The van der Waals surface area contributed by atoms with Crippen molar-refractivity contribution in [1.82, 2.24) is 10.6 Å². The summed E-state index contributed by atoms with van der Waals surface area (Å²) in [6.07, 6.45) is 2.77. The molecule has 5 heteroatoms. The van der Waals surface area contributed by atoms with Crippen LogP contribution >= 0.6 is 0 Å². The van der Waals surface area contributed by atoms with Crippen LogP contribution in [0.5, 0.6) is 0 Å². The number of hydrogen-bond acceptors (Lipinski definition) is 4. The summed E-state index contributed by atoms with van der Waals surface area (Å²) < 4.78 is 10.3. The average Bonchev–Trinajstić information content (AvgIpc) is 2.26. The largest absolute Gasteiger partial charge is 0.444 e. The molecular weight excluding hydrogens is 244 g/mol. The van der Waals surface area contributed by atoms with E-state index >= 15 is 0 Å². The van der Waals surface area contributed by atoms with Gasteiger partial charge in [0.1, 0.15) is 5.60 Å². The quantitative estimate of drug-likeness (QED) is 0.633. The van der Waals surface area contributed by atoms with Crippen LogP contribution in [-0.4, -0.2) is 44.5 Å². The number of carbonyl (C=O) groups is 1. The molecule has 0 radical (unpaired) electrons. The van der Waals surface area contributed by atoms with E-state index in [4.69, 9.17) is 9.47 Å². The standard InChI is InChI=1S/C14H30N2O3/c1-6-8-12(11-18-5)15-9-7-10-16-13(17)19-14(2,3)4/h12,15H,6-11H2,1-5H3,(H,16,17). The van der Waals surface area contributed by atoms with Gasteiger partial charge in [-0.15, -0.1) is 0 Å². The second kappa shape index (κ2) is 10.0. The van der Waals surface area contributed by atoms with Gasteiger partial charge >= 0.3 is 6.09 Å². The second-order valence-corrected chi connectivity index (χ2v) is 5.68. The molecule has 2 N–H and O–H groups in total. The minimum atomic E-state index is -0.437. The molecule has 0 heterocycles. The molecule has 1 amide bonds. The highest BCUT2D eigenvalue weighted by atomic mass is 16.6. The fraction of sp³-hybridized carbons (Fsp3) is 0.929. The van der Waals surface area contributed by atoms with Crippen LogP contribution in [0.2, 0.25) is 0 Å². The van der Waals surface area contributed by atoms with E-state index in [9.17, 15) is 4.79 Å². The SMILES string of the molecule is CCCC(COC)NCCCNC(=O)OC(C)(C)C. The lowest BCUT2D eigenvalue weighted by atomic mass is 10.2. The molecule has 5 nitrogen and oxygen atoms in total. The number of amides is 1. The third kappa shape index (κ3) is 12.0. The molecule has 0 aromatic carbocycles. The van der Waals surface area contributed by atoms with E-state index in [1.165, 1.54) is 0 Å². The maximum absolute atomic E-state index is 11.4. The molecule has 0 aliphatic carbocycles. The van der Waals surface area contributed by atoms with Crippen molar-refractivity contribution < 1.29 is 14.3 Å². The van der Waals surface area contributed by atoms with Crippen LogP contribution in [0.25, 0.3) is 0 Å². The molecule has 114 valence electrons. The number of ether oxygens (including phenoxy) is 2. The van der Waals surface area contributed by atoms with Gasteiger partial charge in [0.15, 0.2) is 0 Å². The van der Waals surface area contributed by atoms with E-state index < -0.39 is 5.60 Å². The fourth-order valence-corrected chi connectivity index (χ4v) is 1.69. The average molecular weight is 274 g/mol. The van der Waals surface area contributed by atoms with Crippen molar-refractivity contribution in [1.29, 1.82) is 0 Å². The Morgan fingerprint density at radius 3 is 2.47 bits per heavy atom. The van der Waals surface area contributed by atoms with E-state index in [1.807, 2.05) is 20.8 Å². The Morgan fingerprint density at radius 2 is 1.95 bits per heavy atom. The number of nitrogens with one attached hydrogen (secondary N) is 2.